The zero-order chi connectivity index (χ0) is 13.8. The van der Waals surface area contributed by atoms with E-state index in [-0.39, 0.29) is 5.91 Å². The van der Waals surface area contributed by atoms with Crippen LogP contribution >= 0.6 is 0 Å². The number of rotatable bonds is 5. The molecule has 0 radical (unpaired) electrons. The smallest absolute Gasteiger partial charge is 0.231 e. The van der Waals surface area contributed by atoms with Crippen LogP contribution in [0.15, 0.2) is 24.3 Å². The minimum Gasteiger partial charge on any atom is -0.389 e. The largest absolute Gasteiger partial charge is 0.389 e. The van der Waals surface area contributed by atoms with Crippen molar-refractivity contribution in [1.29, 1.82) is 0 Å². The van der Waals surface area contributed by atoms with Crippen molar-refractivity contribution in [2.75, 3.05) is 11.9 Å². The zero-order valence-corrected chi connectivity index (χ0v) is 11.2. The van der Waals surface area contributed by atoms with E-state index in [0.29, 0.717) is 24.2 Å². The fraction of sp³-hybridized carbons (Fsp3) is 0.500. The highest BCUT2D eigenvalue weighted by molar-refractivity contribution is 5.95. The third-order valence-corrected chi connectivity index (χ3v) is 3.44. The average molecular weight is 250 g/mol. The van der Waals surface area contributed by atoms with Crippen LogP contribution in [-0.4, -0.2) is 17.6 Å². The number of aliphatic hydroxyl groups excluding tert-OH is 1. The lowest BCUT2D eigenvalue weighted by atomic mass is 9.86. The van der Waals surface area contributed by atoms with E-state index in [1.165, 1.54) is 0 Å². The van der Waals surface area contributed by atoms with Gasteiger partial charge in [0, 0.05) is 17.8 Å². The molecule has 0 fully saturated rings. The fourth-order valence-electron chi connectivity index (χ4n) is 1.65. The predicted octanol–water partition coefficient (Wildman–Crippen LogP) is 2.05. The molecule has 2 atom stereocenters. The number of para-hydroxylation sites is 1. The summed E-state index contributed by atoms with van der Waals surface area (Å²) < 4.78 is 0. The Morgan fingerprint density at radius 1 is 1.50 bits per heavy atom. The summed E-state index contributed by atoms with van der Waals surface area (Å²) in [4.78, 5) is 12.2. The first-order valence-electron chi connectivity index (χ1n) is 6.23. The number of nitrogens with one attached hydrogen (secondary N) is 1. The van der Waals surface area contributed by atoms with Crippen LogP contribution in [0.5, 0.6) is 0 Å². The molecule has 0 bridgehead atoms. The van der Waals surface area contributed by atoms with Crippen LogP contribution in [0.3, 0.4) is 0 Å². The molecule has 0 saturated carbocycles. The number of aliphatic hydroxyl groups is 1. The van der Waals surface area contributed by atoms with Gasteiger partial charge in [-0.1, -0.05) is 25.1 Å². The Balaban J connectivity index is 2.95. The molecule has 2 unspecified atom stereocenters. The maximum absolute atomic E-state index is 12.2. The minimum absolute atomic E-state index is 0.111. The fourth-order valence-corrected chi connectivity index (χ4v) is 1.65. The van der Waals surface area contributed by atoms with Gasteiger partial charge in [0.05, 0.1) is 11.5 Å². The molecule has 4 N–H and O–H groups in total. The Hall–Kier alpha value is -1.39. The standard InChI is InChI=1S/C14H22N2O2/c1-4-14(3,9-15)13(18)16-12-8-6-5-7-11(12)10(2)17/h5-8,10,17H,4,9,15H2,1-3H3,(H,16,18). The van der Waals surface area contributed by atoms with Crippen LogP contribution in [0.2, 0.25) is 0 Å². The van der Waals surface area contributed by atoms with Crippen LogP contribution in [0, 0.1) is 5.41 Å². The van der Waals surface area contributed by atoms with Gasteiger partial charge < -0.3 is 16.2 Å². The van der Waals surface area contributed by atoms with Gasteiger partial charge in [0.2, 0.25) is 5.91 Å². The van der Waals surface area contributed by atoms with Crippen LogP contribution in [-0.2, 0) is 4.79 Å². The number of hydrogen-bond acceptors (Lipinski definition) is 3. The summed E-state index contributed by atoms with van der Waals surface area (Å²) in [6.07, 6.45) is 0.0545. The Labute approximate surface area is 108 Å². The maximum atomic E-state index is 12.2. The third kappa shape index (κ3) is 3.09. The first-order valence-corrected chi connectivity index (χ1v) is 6.23. The second kappa shape index (κ2) is 5.98. The number of amides is 1. The van der Waals surface area contributed by atoms with Crippen LogP contribution in [0.1, 0.15) is 38.9 Å². The second-order valence-corrected chi connectivity index (χ2v) is 4.84. The molecule has 0 aliphatic carbocycles. The van der Waals surface area contributed by atoms with Gasteiger partial charge in [0.15, 0.2) is 0 Å². The number of carbonyl (C=O) groups is 1. The van der Waals surface area contributed by atoms with E-state index in [1.54, 1.807) is 19.1 Å². The lowest BCUT2D eigenvalue weighted by Gasteiger charge is -2.26. The van der Waals surface area contributed by atoms with E-state index in [2.05, 4.69) is 5.32 Å². The van der Waals surface area contributed by atoms with E-state index in [9.17, 15) is 9.90 Å². The summed E-state index contributed by atoms with van der Waals surface area (Å²) >= 11 is 0. The van der Waals surface area contributed by atoms with Crippen molar-refractivity contribution in [3.8, 4) is 0 Å². The van der Waals surface area contributed by atoms with Crippen molar-refractivity contribution >= 4 is 11.6 Å². The summed E-state index contributed by atoms with van der Waals surface area (Å²) in [5.74, 6) is -0.111. The quantitative estimate of drug-likeness (QED) is 0.748. The number of nitrogens with two attached hydrogens (primary N) is 1. The van der Waals surface area contributed by atoms with Crippen molar-refractivity contribution in [3.05, 3.63) is 29.8 Å². The topological polar surface area (TPSA) is 75.4 Å². The monoisotopic (exact) mass is 250 g/mol. The summed E-state index contributed by atoms with van der Waals surface area (Å²) in [5.41, 5.74) is 6.44. The molecule has 4 nitrogen and oxygen atoms in total. The molecule has 18 heavy (non-hydrogen) atoms. The lowest BCUT2D eigenvalue weighted by molar-refractivity contribution is -0.124. The highest BCUT2D eigenvalue weighted by Crippen LogP contribution is 2.26. The van der Waals surface area contributed by atoms with Gasteiger partial charge in [-0.2, -0.15) is 0 Å². The van der Waals surface area contributed by atoms with E-state index < -0.39 is 11.5 Å². The Kier molecular flexibility index (Phi) is 4.87. The van der Waals surface area contributed by atoms with Crippen molar-refractivity contribution in [2.24, 2.45) is 11.1 Å². The number of hydrogen-bond donors (Lipinski definition) is 3. The number of anilines is 1. The highest BCUT2D eigenvalue weighted by Gasteiger charge is 2.30. The van der Waals surface area contributed by atoms with Gasteiger partial charge in [-0.15, -0.1) is 0 Å². The molecule has 1 rings (SSSR count). The normalized spacial score (nSPS) is 15.8. The van der Waals surface area contributed by atoms with Gasteiger partial charge in [0.25, 0.3) is 0 Å². The Bertz CT molecular complexity index is 412. The van der Waals surface area contributed by atoms with Crippen LogP contribution in [0.25, 0.3) is 0 Å². The van der Waals surface area contributed by atoms with E-state index >= 15 is 0 Å². The number of carbonyl (C=O) groups excluding carboxylic acids is 1. The van der Waals surface area contributed by atoms with Gasteiger partial charge in [-0.3, -0.25) is 4.79 Å². The molecule has 1 amide bonds. The van der Waals surface area contributed by atoms with Gasteiger partial charge in [0.1, 0.15) is 0 Å². The Morgan fingerprint density at radius 3 is 2.61 bits per heavy atom. The van der Waals surface area contributed by atoms with Crippen molar-refractivity contribution < 1.29 is 9.90 Å². The van der Waals surface area contributed by atoms with Gasteiger partial charge in [-0.05, 0) is 26.3 Å². The lowest BCUT2D eigenvalue weighted by Crippen LogP contribution is -2.39. The van der Waals surface area contributed by atoms with Gasteiger partial charge >= 0.3 is 0 Å². The highest BCUT2D eigenvalue weighted by atomic mass is 16.3. The molecule has 0 saturated heterocycles. The van der Waals surface area contributed by atoms with Crippen molar-refractivity contribution in [3.63, 3.8) is 0 Å². The molecule has 1 aromatic carbocycles. The molecule has 0 spiro atoms. The predicted molar refractivity (Wildman–Crippen MR) is 73.2 cm³/mol. The molecule has 4 heteroatoms. The van der Waals surface area contributed by atoms with Crippen LogP contribution < -0.4 is 11.1 Å². The molecule has 0 aromatic heterocycles. The minimum atomic E-state index is -0.618. The SMILES string of the molecule is CCC(C)(CN)C(=O)Nc1ccccc1C(C)O. The molecule has 0 heterocycles. The molecular formula is C14H22N2O2. The van der Waals surface area contributed by atoms with E-state index in [4.69, 9.17) is 5.73 Å². The molecule has 0 aliphatic rings. The summed E-state index contributed by atoms with van der Waals surface area (Å²) in [7, 11) is 0. The molecule has 1 aromatic rings. The second-order valence-electron chi connectivity index (χ2n) is 4.84. The first-order chi connectivity index (χ1) is 8.44. The summed E-state index contributed by atoms with van der Waals surface area (Å²) in [6, 6.07) is 7.24. The van der Waals surface area contributed by atoms with E-state index in [0.717, 1.165) is 0 Å². The average Bonchev–Trinajstić information content (AvgIpc) is 2.38. The van der Waals surface area contributed by atoms with Gasteiger partial charge in [-0.25, -0.2) is 0 Å². The number of benzene rings is 1. The van der Waals surface area contributed by atoms with Crippen molar-refractivity contribution in [1.82, 2.24) is 0 Å². The maximum Gasteiger partial charge on any atom is 0.231 e. The summed E-state index contributed by atoms with van der Waals surface area (Å²) in [5, 5.41) is 12.5. The van der Waals surface area contributed by atoms with E-state index in [1.807, 2.05) is 26.0 Å². The zero-order valence-electron chi connectivity index (χ0n) is 11.2. The molecular weight excluding hydrogens is 228 g/mol. The molecule has 0 aliphatic heterocycles. The molecule has 100 valence electrons. The Morgan fingerprint density at radius 2 is 2.11 bits per heavy atom. The van der Waals surface area contributed by atoms with Crippen LogP contribution in [0.4, 0.5) is 5.69 Å². The third-order valence-electron chi connectivity index (χ3n) is 3.44. The first kappa shape index (κ1) is 14.7. The summed E-state index contributed by atoms with van der Waals surface area (Å²) in [6.45, 7) is 5.75. The van der Waals surface area contributed by atoms with Crippen molar-refractivity contribution in [2.45, 2.75) is 33.3 Å².